The van der Waals surface area contributed by atoms with Crippen molar-refractivity contribution in [2.75, 3.05) is 45.8 Å². The van der Waals surface area contributed by atoms with Crippen LogP contribution in [0.1, 0.15) is 26.2 Å². The lowest BCUT2D eigenvalue weighted by Crippen LogP contribution is -2.46. The highest BCUT2D eigenvalue weighted by Crippen LogP contribution is 2.09. The van der Waals surface area contributed by atoms with Gasteiger partial charge < -0.3 is 15.5 Å². The monoisotopic (exact) mass is 282 g/mol. The van der Waals surface area contributed by atoms with E-state index in [1.54, 1.807) is 0 Å². The molecule has 0 saturated carbocycles. The third kappa shape index (κ3) is 4.76. The van der Waals surface area contributed by atoms with Crippen LogP contribution in [0.15, 0.2) is 0 Å². The molecule has 2 N–H and O–H groups in total. The van der Waals surface area contributed by atoms with Gasteiger partial charge in [-0.25, -0.2) is 0 Å². The van der Waals surface area contributed by atoms with Gasteiger partial charge in [-0.05, 0) is 32.9 Å². The molecule has 2 fully saturated rings. The van der Waals surface area contributed by atoms with Crippen LogP contribution < -0.4 is 10.6 Å². The quantitative estimate of drug-likeness (QED) is 0.707. The van der Waals surface area contributed by atoms with Crippen LogP contribution in [0.5, 0.6) is 0 Å². The normalized spacial score (nSPS) is 22.6. The lowest BCUT2D eigenvalue weighted by molar-refractivity contribution is -0.129. The van der Waals surface area contributed by atoms with Gasteiger partial charge in [-0.1, -0.05) is 0 Å². The SMILES string of the molecule is CC(CN1CCCC1=O)NC(=O)CN1CCCNCC1. The molecule has 0 spiro atoms. The molecule has 2 aliphatic heterocycles. The molecule has 114 valence electrons. The molecule has 2 rings (SSSR count). The highest BCUT2D eigenvalue weighted by atomic mass is 16.2. The predicted octanol–water partition coefficient (Wildman–Crippen LogP) is -0.591. The Morgan fingerprint density at radius 3 is 2.90 bits per heavy atom. The lowest BCUT2D eigenvalue weighted by Gasteiger charge is -2.24. The van der Waals surface area contributed by atoms with Gasteiger partial charge in [0.25, 0.3) is 0 Å². The topological polar surface area (TPSA) is 64.7 Å². The number of amides is 2. The molecule has 2 amide bonds. The number of hydrogen-bond donors (Lipinski definition) is 2. The van der Waals surface area contributed by atoms with Gasteiger partial charge in [-0.15, -0.1) is 0 Å². The molecular weight excluding hydrogens is 256 g/mol. The van der Waals surface area contributed by atoms with Gasteiger partial charge in [-0.3, -0.25) is 14.5 Å². The summed E-state index contributed by atoms with van der Waals surface area (Å²) in [5.41, 5.74) is 0. The molecule has 20 heavy (non-hydrogen) atoms. The van der Waals surface area contributed by atoms with Crippen LogP contribution in [0, 0.1) is 0 Å². The van der Waals surface area contributed by atoms with E-state index < -0.39 is 0 Å². The summed E-state index contributed by atoms with van der Waals surface area (Å²) in [4.78, 5) is 27.6. The summed E-state index contributed by atoms with van der Waals surface area (Å²) in [6.07, 6.45) is 2.69. The summed E-state index contributed by atoms with van der Waals surface area (Å²) in [6.45, 7) is 7.76. The number of likely N-dealkylation sites (tertiary alicyclic amines) is 1. The fraction of sp³-hybridized carbons (Fsp3) is 0.857. The van der Waals surface area contributed by atoms with Gasteiger partial charge in [0.1, 0.15) is 0 Å². The van der Waals surface area contributed by atoms with Crippen molar-refractivity contribution in [2.24, 2.45) is 0 Å². The Kier molecular flexibility index (Phi) is 5.79. The van der Waals surface area contributed by atoms with Crippen molar-refractivity contribution in [1.29, 1.82) is 0 Å². The first-order valence-electron chi connectivity index (χ1n) is 7.65. The predicted molar refractivity (Wildman–Crippen MR) is 77.3 cm³/mol. The summed E-state index contributed by atoms with van der Waals surface area (Å²) in [6, 6.07) is 0.0228. The second-order valence-corrected chi connectivity index (χ2v) is 5.79. The van der Waals surface area contributed by atoms with E-state index >= 15 is 0 Å². The number of nitrogens with one attached hydrogen (secondary N) is 2. The summed E-state index contributed by atoms with van der Waals surface area (Å²) in [5, 5.41) is 6.33. The van der Waals surface area contributed by atoms with Crippen LogP contribution in [0.2, 0.25) is 0 Å². The third-order valence-electron chi connectivity index (χ3n) is 3.87. The maximum atomic E-state index is 12.0. The van der Waals surface area contributed by atoms with Crippen molar-refractivity contribution in [3.05, 3.63) is 0 Å². The minimum atomic E-state index is 0.0228. The second kappa shape index (κ2) is 7.59. The molecular formula is C14H26N4O2. The van der Waals surface area contributed by atoms with Gasteiger partial charge >= 0.3 is 0 Å². The molecule has 0 radical (unpaired) electrons. The minimum Gasteiger partial charge on any atom is -0.351 e. The highest BCUT2D eigenvalue weighted by molar-refractivity contribution is 5.79. The van der Waals surface area contributed by atoms with Gasteiger partial charge in [0.15, 0.2) is 0 Å². The van der Waals surface area contributed by atoms with E-state index in [1.807, 2.05) is 11.8 Å². The smallest absolute Gasteiger partial charge is 0.234 e. The molecule has 2 heterocycles. The number of nitrogens with zero attached hydrogens (tertiary/aromatic N) is 2. The lowest BCUT2D eigenvalue weighted by atomic mass is 10.3. The van der Waals surface area contributed by atoms with Crippen LogP contribution in [-0.2, 0) is 9.59 Å². The number of carbonyl (C=O) groups excluding carboxylic acids is 2. The molecule has 0 aromatic carbocycles. The molecule has 2 saturated heterocycles. The summed E-state index contributed by atoms with van der Waals surface area (Å²) in [5.74, 6) is 0.274. The standard InChI is InChI=1S/C14H26N4O2/c1-12(10-18-8-2-4-14(18)20)16-13(19)11-17-7-3-5-15-6-9-17/h12,15H,2-11H2,1H3,(H,16,19). The number of carbonyl (C=O) groups is 2. The molecule has 6 nitrogen and oxygen atoms in total. The van der Waals surface area contributed by atoms with E-state index in [0.717, 1.165) is 45.6 Å². The second-order valence-electron chi connectivity index (χ2n) is 5.79. The molecule has 2 aliphatic rings. The maximum absolute atomic E-state index is 12.0. The zero-order valence-corrected chi connectivity index (χ0v) is 12.4. The fourth-order valence-corrected chi connectivity index (χ4v) is 2.86. The number of rotatable bonds is 5. The van der Waals surface area contributed by atoms with Crippen LogP contribution in [0.3, 0.4) is 0 Å². The Morgan fingerprint density at radius 1 is 1.30 bits per heavy atom. The Bertz CT molecular complexity index is 340. The average Bonchev–Trinajstić information content (AvgIpc) is 2.65. The highest BCUT2D eigenvalue weighted by Gasteiger charge is 2.22. The van der Waals surface area contributed by atoms with Crippen molar-refractivity contribution < 1.29 is 9.59 Å². The van der Waals surface area contributed by atoms with Crippen molar-refractivity contribution in [2.45, 2.75) is 32.2 Å². The Balaban J connectivity index is 1.68. The van der Waals surface area contributed by atoms with E-state index in [4.69, 9.17) is 0 Å². The minimum absolute atomic E-state index is 0.0228. The van der Waals surface area contributed by atoms with E-state index in [0.29, 0.717) is 19.5 Å². The van der Waals surface area contributed by atoms with Crippen LogP contribution >= 0.6 is 0 Å². The fourth-order valence-electron chi connectivity index (χ4n) is 2.86. The van der Waals surface area contributed by atoms with Gasteiger partial charge in [0.2, 0.25) is 11.8 Å². The summed E-state index contributed by atoms with van der Waals surface area (Å²) in [7, 11) is 0. The molecule has 1 unspecified atom stereocenters. The van der Waals surface area contributed by atoms with Crippen LogP contribution in [-0.4, -0.2) is 73.5 Å². The van der Waals surface area contributed by atoms with E-state index in [-0.39, 0.29) is 17.9 Å². The molecule has 0 bridgehead atoms. The van der Waals surface area contributed by atoms with E-state index in [9.17, 15) is 9.59 Å². The van der Waals surface area contributed by atoms with E-state index in [1.165, 1.54) is 0 Å². The van der Waals surface area contributed by atoms with Crippen LogP contribution in [0.4, 0.5) is 0 Å². The molecule has 0 aromatic rings. The molecule has 0 aromatic heterocycles. The Hall–Kier alpha value is -1.14. The first-order chi connectivity index (χ1) is 9.65. The first-order valence-corrected chi connectivity index (χ1v) is 7.65. The third-order valence-corrected chi connectivity index (χ3v) is 3.87. The molecule has 0 aliphatic carbocycles. The maximum Gasteiger partial charge on any atom is 0.234 e. The first kappa shape index (κ1) is 15.3. The van der Waals surface area contributed by atoms with Crippen molar-refractivity contribution in [1.82, 2.24) is 20.4 Å². The van der Waals surface area contributed by atoms with Crippen LogP contribution in [0.25, 0.3) is 0 Å². The van der Waals surface area contributed by atoms with Crippen molar-refractivity contribution >= 4 is 11.8 Å². The summed E-state index contributed by atoms with van der Waals surface area (Å²) < 4.78 is 0. The Labute approximate surface area is 120 Å². The van der Waals surface area contributed by atoms with Gasteiger partial charge in [0.05, 0.1) is 6.54 Å². The van der Waals surface area contributed by atoms with Gasteiger partial charge in [0, 0.05) is 38.6 Å². The zero-order valence-electron chi connectivity index (χ0n) is 12.4. The summed E-state index contributed by atoms with van der Waals surface area (Å²) >= 11 is 0. The largest absolute Gasteiger partial charge is 0.351 e. The van der Waals surface area contributed by atoms with Gasteiger partial charge in [-0.2, -0.15) is 0 Å². The van der Waals surface area contributed by atoms with Crippen molar-refractivity contribution in [3.8, 4) is 0 Å². The average molecular weight is 282 g/mol. The zero-order chi connectivity index (χ0) is 14.4. The van der Waals surface area contributed by atoms with Crippen molar-refractivity contribution in [3.63, 3.8) is 0 Å². The molecule has 1 atom stereocenters. The van der Waals surface area contributed by atoms with E-state index in [2.05, 4.69) is 15.5 Å². The molecule has 6 heteroatoms. The Morgan fingerprint density at radius 2 is 2.15 bits per heavy atom. The number of hydrogen-bond acceptors (Lipinski definition) is 4.